The number of hydrogen-bond acceptors (Lipinski definition) is 9. The van der Waals surface area contributed by atoms with E-state index in [9.17, 15) is 9.59 Å². The van der Waals surface area contributed by atoms with Crippen LogP contribution in [0.2, 0.25) is 54.4 Å². The number of methoxy groups -OCH3 is 1. The summed E-state index contributed by atoms with van der Waals surface area (Å²) in [7, 11) is -4.20. The summed E-state index contributed by atoms with van der Waals surface area (Å²) in [6.45, 7) is 34.6. The molecule has 0 aromatic heterocycles. The zero-order valence-corrected chi connectivity index (χ0v) is 45.1. The van der Waals surface area contributed by atoms with E-state index in [1.54, 1.807) is 7.11 Å². The van der Waals surface area contributed by atoms with Crippen molar-refractivity contribution in [2.75, 3.05) is 7.11 Å². The molecule has 2 aliphatic heterocycles. The average Bonchev–Trinajstić information content (AvgIpc) is 4.02. The lowest BCUT2D eigenvalue weighted by atomic mass is 9.88. The molecule has 0 aromatic carbocycles. The predicted molar refractivity (Wildman–Crippen MR) is 259 cm³/mol. The Kier molecular flexibility index (Phi) is 23.2. The van der Waals surface area contributed by atoms with Crippen LogP contribution in [0.25, 0.3) is 0 Å². The topological polar surface area (TPSA) is 102 Å². The van der Waals surface area contributed by atoms with E-state index >= 15 is 0 Å². The van der Waals surface area contributed by atoms with Gasteiger partial charge in [-0.15, -0.1) is 0 Å². The molecule has 0 amide bonds. The van der Waals surface area contributed by atoms with Crippen molar-refractivity contribution in [3.8, 4) is 0 Å². The van der Waals surface area contributed by atoms with Crippen molar-refractivity contribution < 1.29 is 41.8 Å². The van der Waals surface area contributed by atoms with Crippen LogP contribution in [-0.4, -0.2) is 91.8 Å². The van der Waals surface area contributed by atoms with Crippen LogP contribution in [-0.2, 0) is 41.8 Å². The number of rotatable bonds is 25. The van der Waals surface area contributed by atoms with Crippen LogP contribution in [0.5, 0.6) is 0 Å². The van der Waals surface area contributed by atoms with Crippen molar-refractivity contribution >= 4 is 36.9 Å². The summed E-state index contributed by atoms with van der Waals surface area (Å²) in [5.41, 5.74) is -0.451. The van der Waals surface area contributed by atoms with Gasteiger partial charge in [0.15, 0.2) is 25.0 Å². The number of epoxide rings is 1. The van der Waals surface area contributed by atoms with Crippen LogP contribution in [0.3, 0.4) is 0 Å². The van der Waals surface area contributed by atoms with Crippen LogP contribution in [0.4, 0.5) is 0 Å². The van der Waals surface area contributed by atoms with Crippen molar-refractivity contribution in [2.24, 2.45) is 11.8 Å². The monoisotopic (exact) mass is 909 g/mol. The molecule has 0 bridgehead atoms. The van der Waals surface area contributed by atoms with Gasteiger partial charge < -0.3 is 32.2 Å². The summed E-state index contributed by atoms with van der Waals surface area (Å²) < 4.78 is 46.3. The summed E-state index contributed by atoms with van der Waals surface area (Å²) in [5, 5.41) is 0. The van der Waals surface area contributed by atoms with E-state index in [-0.39, 0.29) is 48.7 Å². The minimum Gasteiger partial charge on any atom is -0.457 e. The maximum Gasteiger partial charge on any atom is 0.308 e. The lowest BCUT2D eigenvalue weighted by molar-refractivity contribution is -0.160. The quantitative estimate of drug-likeness (QED) is 0.0291. The summed E-state index contributed by atoms with van der Waals surface area (Å²) in [5.74, 6) is -0.575. The fourth-order valence-electron chi connectivity index (χ4n) is 9.66. The third kappa shape index (κ3) is 15.6. The van der Waals surface area contributed by atoms with Crippen molar-refractivity contribution in [1.29, 1.82) is 0 Å². The van der Waals surface area contributed by atoms with Crippen LogP contribution in [0, 0.1) is 11.8 Å². The molecule has 10 atom stereocenters. The van der Waals surface area contributed by atoms with E-state index in [2.05, 4.69) is 101 Å². The van der Waals surface area contributed by atoms with Gasteiger partial charge in [-0.2, -0.15) is 0 Å². The molecule has 2 rings (SSSR count). The van der Waals surface area contributed by atoms with Crippen molar-refractivity contribution in [3.63, 3.8) is 0 Å². The highest BCUT2D eigenvalue weighted by atomic mass is 28.4. The summed E-state index contributed by atoms with van der Waals surface area (Å²) in [6.07, 6.45) is 12.2. The van der Waals surface area contributed by atoms with Gasteiger partial charge in [-0.25, -0.2) is 0 Å². The van der Waals surface area contributed by atoms with Gasteiger partial charge in [0, 0.05) is 38.4 Å². The molecule has 0 radical (unpaired) electrons. The molecule has 61 heavy (non-hydrogen) atoms. The number of hydrogen-bond donors (Lipinski definition) is 0. The highest BCUT2D eigenvalue weighted by molar-refractivity contribution is 6.74. The minimum absolute atomic E-state index is 0.0936. The first-order chi connectivity index (χ1) is 28.7. The summed E-state index contributed by atoms with van der Waals surface area (Å²) >= 11 is 0. The third-order valence-electron chi connectivity index (χ3n) is 15.1. The Morgan fingerprint density at radius 1 is 0.902 bits per heavy atom. The molecule has 1 fully saturated rings. The molecule has 0 spiro atoms. The Labute approximate surface area is 377 Å². The standard InChI is InChI=1S/C49H92O9Si3/c1-18-42(57-60(22-5,23-6)24-7)39(13)47-43(54-47)36-48(15,58-61(25-8,26-9)27-10)33-28-29-37(11)46-38(12)30-31-44(53-40(14)50)49(16,52-17)34-32-41(35-45(51)55-46)56-59(19-2,20-3)21-4/h28-31,33,38-39,41-44,46-47H,18-27,32,34-36H2,1-17H3/b31-30?,33-28+,37-29+/t38?,39?,41?,42?,43-,44?,46?,47-,48?,49?/m0/s1. The number of ether oxygens (including phenoxy) is 4. The van der Waals surface area contributed by atoms with Gasteiger partial charge in [0.05, 0.1) is 30.3 Å². The molecule has 12 heteroatoms. The lowest BCUT2D eigenvalue weighted by Gasteiger charge is -2.39. The van der Waals surface area contributed by atoms with Crippen LogP contribution in [0.15, 0.2) is 36.0 Å². The molecule has 0 saturated carbocycles. The first-order valence-electron chi connectivity index (χ1n) is 24.4. The number of carbonyl (C=O) groups excluding carboxylic acids is 2. The van der Waals surface area contributed by atoms with Gasteiger partial charge in [0.1, 0.15) is 17.8 Å². The smallest absolute Gasteiger partial charge is 0.308 e. The maximum atomic E-state index is 14.0. The molecule has 0 aliphatic carbocycles. The van der Waals surface area contributed by atoms with Gasteiger partial charge in [-0.05, 0) is 106 Å². The fraction of sp³-hybridized carbons (Fsp3) is 0.837. The first kappa shape index (κ1) is 55.7. The normalized spacial score (nSPS) is 28.1. The maximum absolute atomic E-state index is 14.0. The second-order valence-corrected chi connectivity index (χ2v) is 33.0. The van der Waals surface area contributed by atoms with Crippen molar-refractivity contribution in [2.45, 2.75) is 245 Å². The molecule has 9 nitrogen and oxygen atoms in total. The van der Waals surface area contributed by atoms with E-state index < -0.39 is 48.4 Å². The van der Waals surface area contributed by atoms with E-state index in [0.717, 1.165) is 72.8 Å². The van der Waals surface area contributed by atoms with Crippen molar-refractivity contribution in [1.82, 2.24) is 0 Å². The molecule has 354 valence electrons. The molecule has 1 saturated heterocycles. The summed E-state index contributed by atoms with van der Waals surface area (Å²) in [6, 6.07) is 9.50. The molecule has 2 aliphatic rings. The third-order valence-corrected chi connectivity index (χ3v) is 29.2. The fourth-order valence-corrected chi connectivity index (χ4v) is 18.7. The van der Waals surface area contributed by atoms with Gasteiger partial charge in [0.2, 0.25) is 0 Å². The average molecular weight is 910 g/mol. The summed E-state index contributed by atoms with van der Waals surface area (Å²) in [4.78, 5) is 26.4. The highest BCUT2D eigenvalue weighted by Crippen LogP contribution is 2.43. The Morgan fingerprint density at radius 2 is 1.46 bits per heavy atom. The second kappa shape index (κ2) is 25.3. The molecule has 8 unspecified atom stereocenters. The number of esters is 2. The van der Waals surface area contributed by atoms with Gasteiger partial charge in [-0.3, -0.25) is 9.59 Å². The van der Waals surface area contributed by atoms with E-state index in [4.69, 9.17) is 32.2 Å². The lowest BCUT2D eigenvalue weighted by Crippen LogP contribution is -2.46. The molecular formula is C49H92O9Si3. The van der Waals surface area contributed by atoms with E-state index in [1.807, 2.05) is 32.9 Å². The molecule has 0 aromatic rings. The Hall–Kier alpha value is -1.39. The Balaban J connectivity index is 2.55. The SMILES string of the molecule is CCC(O[Si](CC)(CC)CC)C(C)[C@@H]1O[C@H]1CC(C)(/C=C/C=C(\C)C1OC(=O)CC(O[Si](CC)(CC)CC)CCC(C)(OC)C(OC(C)=O)C=CC1C)O[Si](CC)(CC)CC. The van der Waals surface area contributed by atoms with Crippen LogP contribution >= 0.6 is 0 Å². The van der Waals surface area contributed by atoms with Crippen LogP contribution in [0.1, 0.15) is 143 Å². The highest BCUT2D eigenvalue weighted by Gasteiger charge is 2.51. The number of allylic oxidation sites excluding steroid dienone is 2. The molecule has 0 N–H and O–H groups in total. The van der Waals surface area contributed by atoms with E-state index in [0.29, 0.717) is 18.8 Å². The van der Waals surface area contributed by atoms with Crippen molar-refractivity contribution in [3.05, 3.63) is 36.0 Å². The zero-order valence-electron chi connectivity index (χ0n) is 42.1. The Bertz CT molecular complexity index is 1400. The van der Waals surface area contributed by atoms with Crippen LogP contribution < -0.4 is 0 Å². The second-order valence-electron chi connectivity index (χ2n) is 18.9. The number of cyclic esters (lactones) is 1. The van der Waals surface area contributed by atoms with Gasteiger partial charge in [-0.1, -0.05) is 107 Å². The van der Waals surface area contributed by atoms with Gasteiger partial charge >= 0.3 is 11.9 Å². The zero-order chi connectivity index (χ0) is 46.2. The largest absolute Gasteiger partial charge is 0.457 e. The molecular weight excluding hydrogens is 817 g/mol. The minimum atomic E-state index is -2.07. The Morgan fingerprint density at radius 3 is 1.95 bits per heavy atom. The van der Waals surface area contributed by atoms with Gasteiger partial charge in [0.25, 0.3) is 0 Å². The predicted octanol–water partition coefficient (Wildman–Crippen LogP) is 12.9. The number of carbonyl (C=O) groups is 2. The van der Waals surface area contributed by atoms with E-state index in [1.165, 1.54) is 6.92 Å². The first-order valence-corrected chi connectivity index (χ1v) is 32.0. The molecule has 2 heterocycles.